The lowest BCUT2D eigenvalue weighted by molar-refractivity contribution is -0.159. The van der Waals surface area contributed by atoms with Crippen LogP contribution in [-0.4, -0.2) is 67.2 Å². The number of carboxylic acids is 2. The standard InChI is InChI=1S/C16H21BrN4S.C2H2O4/c1-20-15(13-7-3-4-8-14(13)17)18-19-16(20)22-12-11-21-9-5-2-6-10-21;3-1(4)2(5)6/h3-4,7-8H,2,5-6,9-12H2,1H3;(H,3,4)(H,5,6). The number of likely N-dealkylation sites (tertiary alicyclic amines) is 1. The van der Waals surface area contributed by atoms with Gasteiger partial charge in [-0.15, -0.1) is 10.2 Å². The molecule has 0 saturated carbocycles. The maximum atomic E-state index is 9.10. The summed E-state index contributed by atoms with van der Waals surface area (Å²) in [6.45, 7) is 3.64. The van der Waals surface area contributed by atoms with Crippen LogP contribution < -0.4 is 0 Å². The Balaban J connectivity index is 0.000000409. The molecule has 0 atom stereocenters. The first-order chi connectivity index (χ1) is 13.4. The van der Waals surface area contributed by atoms with Gasteiger partial charge in [-0.3, -0.25) is 0 Å². The molecule has 0 radical (unpaired) electrons. The molecule has 1 saturated heterocycles. The van der Waals surface area contributed by atoms with E-state index in [1.54, 1.807) is 11.8 Å². The summed E-state index contributed by atoms with van der Waals surface area (Å²) in [6, 6.07) is 8.14. The molecule has 3 rings (SSSR count). The van der Waals surface area contributed by atoms with Gasteiger partial charge in [0.15, 0.2) is 11.0 Å². The van der Waals surface area contributed by atoms with Gasteiger partial charge in [0, 0.05) is 29.4 Å². The van der Waals surface area contributed by atoms with Crippen molar-refractivity contribution in [2.45, 2.75) is 24.4 Å². The Morgan fingerprint density at radius 2 is 1.75 bits per heavy atom. The van der Waals surface area contributed by atoms with Crippen molar-refractivity contribution < 1.29 is 19.8 Å². The molecule has 1 aromatic carbocycles. The van der Waals surface area contributed by atoms with Crippen LogP contribution in [0.25, 0.3) is 11.4 Å². The van der Waals surface area contributed by atoms with E-state index in [4.69, 9.17) is 19.8 Å². The van der Waals surface area contributed by atoms with Crippen molar-refractivity contribution in [3.05, 3.63) is 28.7 Å². The zero-order chi connectivity index (χ0) is 20.5. The summed E-state index contributed by atoms with van der Waals surface area (Å²) in [5, 5.41) is 24.5. The minimum atomic E-state index is -1.82. The number of rotatable bonds is 5. The van der Waals surface area contributed by atoms with Gasteiger partial charge in [0.05, 0.1) is 0 Å². The molecule has 2 N–H and O–H groups in total. The normalized spacial score (nSPS) is 14.2. The lowest BCUT2D eigenvalue weighted by atomic mass is 10.1. The number of hydrogen-bond donors (Lipinski definition) is 2. The van der Waals surface area contributed by atoms with E-state index in [-0.39, 0.29) is 0 Å². The number of carboxylic acid groups (broad SMARTS) is 2. The van der Waals surface area contributed by atoms with E-state index in [1.165, 1.54) is 32.4 Å². The number of carbonyl (C=O) groups is 2. The minimum absolute atomic E-state index is 0.910. The maximum absolute atomic E-state index is 9.10. The Labute approximate surface area is 176 Å². The summed E-state index contributed by atoms with van der Waals surface area (Å²) in [7, 11) is 2.04. The number of thioether (sulfide) groups is 1. The average molecular weight is 471 g/mol. The highest BCUT2D eigenvalue weighted by Gasteiger charge is 2.14. The van der Waals surface area contributed by atoms with E-state index < -0.39 is 11.9 Å². The molecule has 0 aliphatic carbocycles. The number of benzene rings is 1. The molecular formula is C18H23BrN4O4S. The first-order valence-corrected chi connectivity index (χ1v) is 10.6. The SMILES string of the molecule is Cn1c(SCCN2CCCCC2)nnc1-c1ccccc1Br.O=C(O)C(=O)O. The molecule has 8 nitrogen and oxygen atoms in total. The summed E-state index contributed by atoms with van der Waals surface area (Å²) < 4.78 is 3.14. The molecule has 10 heteroatoms. The fraction of sp³-hybridized carbons (Fsp3) is 0.444. The van der Waals surface area contributed by atoms with E-state index in [1.807, 2.05) is 25.2 Å². The lowest BCUT2D eigenvalue weighted by Crippen LogP contribution is -2.31. The molecular weight excluding hydrogens is 448 g/mol. The highest BCUT2D eigenvalue weighted by molar-refractivity contribution is 9.10. The van der Waals surface area contributed by atoms with Gasteiger partial charge in [-0.25, -0.2) is 9.59 Å². The second-order valence-electron chi connectivity index (χ2n) is 6.21. The summed E-state index contributed by atoms with van der Waals surface area (Å²) in [5.74, 6) is -1.67. The molecule has 1 fully saturated rings. The van der Waals surface area contributed by atoms with Gasteiger partial charge in [0.1, 0.15) is 0 Å². The molecule has 1 aliphatic rings. The molecule has 2 aromatic rings. The third-order valence-electron chi connectivity index (χ3n) is 4.22. The summed E-state index contributed by atoms with van der Waals surface area (Å²) in [4.78, 5) is 20.8. The predicted octanol–water partition coefficient (Wildman–Crippen LogP) is 2.98. The number of halogens is 1. The van der Waals surface area contributed by atoms with Gasteiger partial charge in [-0.05, 0) is 32.0 Å². The molecule has 0 amide bonds. The van der Waals surface area contributed by atoms with E-state index >= 15 is 0 Å². The van der Waals surface area contributed by atoms with Crippen LogP contribution in [0, 0.1) is 0 Å². The van der Waals surface area contributed by atoms with Crippen LogP contribution in [0.4, 0.5) is 0 Å². The molecule has 2 heterocycles. The zero-order valence-corrected chi connectivity index (χ0v) is 17.9. The predicted molar refractivity (Wildman–Crippen MR) is 110 cm³/mol. The quantitative estimate of drug-likeness (QED) is 0.506. The average Bonchev–Trinajstić information content (AvgIpc) is 3.04. The van der Waals surface area contributed by atoms with Gasteiger partial charge in [0.25, 0.3) is 0 Å². The second-order valence-corrected chi connectivity index (χ2v) is 8.12. The molecule has 1 aromatic heterocycles. The summed E-state index contributed by atoms with van der Waals surface area (Å²) >= 11 is 5.38. The molecule has 0 unspecified atom stereocenters. The second kappa shape index (κ2) is 11.2. The van der Waals surface area contributed by atoms with Crippen molar-refractivity contribution in [3.63, 3.8) is 0 Å². The van der Waals surface area contributed by atoms with Gasteiger partial charge in [0.2, 0.25) is 0 Å². The van der Waals surface area contributed by atoms with Crippen LogP contribution in [0.15, 0.2) is 33.9 Å². The van der Waals surface area contributed by atoms with Crippen molar-refractivity contribution in [1.82, 2.24) is 19.7 Å². The van der Waals surface area contributed by atoms with Crippen molar-refractivity contribution >= 4 is 39.6 Å². The Hall–Kier alpha value is -1.91. The van der Waals surface area contributed by atoms with Crippen LogP contribution >= 0.6 is 27.7 Å². The third kappa shape index (κ3) is 6.61. The van der Waals surface area contributed by atoms with E-state index in [0.717, 1.165) is 33.3 Å². The first-order valence-electron chi connectivity index (χ1n) is 8.85. The van der Waals surface area contributed by atoms with Gasteiger partial charge < -0.3 is 19.7 Å². The first kappa shape index (κ1) is 22.4. The molecule has 0 spiro atoms. The Morgan fingerprint density at radius 3 is 2.36 bits per heavy atom. The summed E-state index contributed by atoms with van der Waals surface area (Å²) in [6.07, 6.45) is 4.09. The van der Waals surface area contributed by atoms with E-state index in [2.05, 4.69) is 41.7 Å². The highest BCUT2D eigenvalue weighted by Crippen LogP contribution is 2.28. The fourth-order valence-corrected chi connectivity index (χ4v) is 4.14. The van der Waals surface area contributed by atoms with Crippen molar-refractivity contribution in [2.75, 3.05) is 25.4 Å². The van der Waals surface area contributed by atoms with Gasteiger partial charge in [-0.2, -0.15) is 0 Å². The Morgan fingerprint density at radius 1 is 1.11 bits per heavy atom. The number of piperidine rings is 1. The van der Waals surface area contributed by atoms with E-state index in [9.17, 15) is 0 Å². The maximum Gasteiger partial charge on any atom is 0.414 e. The number of aliphatic carboxylic acids is 2. The monoisotopic (exact) mass is 470 g/mol. The van der Waals surface area contributed by atoms with Crippen LogP contribution in [0.3, 0.4) is 0 Å². The largest absolute Gasteiger partial charge is 0.473 e. The number of aromatic nitrogens is 3. The van der Waals surface area contributed by atoms with Crippen LogP contribution in [0.1, 0.15) is 19.3 Å². The Bertz CT molecular complexity index is 797. The van der Waals surface area contributed by atoms with Crippen LogP contribution in [0.5, 0.6) is 0 Å². The third-order valence-corrected chi connectivity index (χ3v) is 5.91. The van der Waals surface area contributed by atoms with Gasteiger partial charge in [-0.1, -0.05) is 52.3 Å². The number of nitrogens with zero attached hydrogens (tertiary/aromatic N) is 4. The number of hydrogen-bond acceptors (Lipinski definition) is 6. The molecule has 152 valence electrons. The fourth-order valence-electron chi connectivity index (χ4n) is 2.77. The van der Waals surface area contributed by atoms with Crippen LogP contribution in [0.2, 0.25) is 0 Å². The minimum Gasteiger partial charge on any atom is -0.473 e. The zero-order valence-electron chi connectivity index (χ0n) is 15.5. The Kier molecular flexibility index (Phi) is 8.94. The smallest absolute Gasteiger partial charge is 0.414 e. The lowest BCUT2D eigenvalue weighted by Gasteiger charge is -2.25. The van der Waals surface area contributed by atoms with Crippen LogP contribution in [-0.2, 0) is 16.6 Å². The highest BCUT2D eigenvalue weighted by atomic mass is 79.9. The molecule has 0 bridgehead atoms. The van der Waals surface area contributed by atoms with Crippen molar-refractivity contribution in [3.8, 4) is 11.4 Å². The summed E-state index contributed by atoms with van der Waals surface area (Å²) in [5.41, 5.74) is 1.08. The van der Waals surface area contributed by atoms with Gasteiger partial charge >= 0.3 is 11.9 Å². The topological polar surface area (TPSA) is 109 Å². The van der Waals surface area contributed by atoms with Crippen molar-refractivity contribution in [2.24, 2.45) is 7.05 Å². The van der Waals surface area contributed by atoms with E-state index in [0.29, 0.717) is 0 Å². The molecule has 28 heavy (non-hydrogen) atoms. The van der Waals surface area contributed by atoms with Crippen molar-refractivity contribution in [1.29, 1.82) is 0 Å². The molecule has 1 aliphatic heterocycles.